The summed E-state index contributed by atoms with van der Waals surface area (Å²) in [7, 11) is 0. The van der Waals surface area contributed by atoms with E-state index in [9.17, 15) is 18.8 Å². The van der Waals surface area contributed by atoms with Crippen LogP contribution in [0.5, 0.6) is 0 Å². The molecule has 0 bridgehead atoms. The first-order valence-electron chi connectivity index (χ1n) is 8.35. The van der Waals surface area contributed by atoms with E-state index in [1.54, 1.807) is 19.1 Å². The predicted octanol–water partition coefficient (Wildman–Crippen LogP) is 4.24. The number of nitrogens with one attached hydrogen (secondary N) is 1. The Balaban J connectivity index is 1.78. The lowest BCUT2D eigenvalue weighted by Crippen LogP contribution is -2.39. The minimum Gasteiger partial charge on any atom is -0.322 e. The van der Waals surface area contributed by atoms with Crippen molar-refractivity contribution < 1.29 is 18.8 Å². The maximum absolute atomic E-state index is 13.1. The van der Waals surface area contributed by atoms with Crippen molar-refractivity contribution in [2.75, 3.05) is 16.8 Å². The Labute approximate surface area is 170 Å². The molecule has 0 radical (unpaired) electrons. The first-order chi connectivity index (χ1) is 13.2. The molecule has 2 aromatic carbocycles. The van der Waals surface area contributed by atoms with Crippen molar-refractivity contribution in [1.29, 1.82) is 0 Å². The van der Waals surface area contributed by atoms with Crippen LogP contribution in [0, 0.1) is 12.7 Å². The Morgan fingerprint density at radius 1 is 1.14 bits per heavy atom. The molecule has 4 amide bonds. The van der Waals surface area contributed by atoms with E-state index < -0.39 is 36.2 Å². The molecule has 1 aliphatic heterocycles. The Morgan fingerprint density at radius 3 is 2.43 bits per heavy atom. The van der Waals surface area contributed by atoms with Crippen molar-refractivity contribution in [3.05, 3.63) is 57.8 Å². The Kier molecular flexibility index (Phi) is 5.58. The highest BCUT2D eigenvalue weighted by Gasteiger charge is 2.44. The minimum atomic E-state index is -0.822. The second-order valence-corrected chi connectivity index (χ2v) is 7.12. The van der Waals surface area contributed by atoms with Crippen molar-refractivity contribution in [3.8, 4) is 0 Å². The zero-order valence-electron chi connectivity index (χ0n) is 15.0. The maximum atomic E-state index is 13.1. The Hall–Kier alpha value is -2.64. The van der Waals surface area contributed by atoms with Crippen LogP contribution in [0.4, 0.5) is 20.6 Å². The highest BCUT2D eigenvalue weighted by Crippen LogP contribution is 2.33. The quantitative estimate of drug-likeness (QED) is 0.747. The third-order valence-corrected chi connectivity index (χ3v) is 5.20. The lowest BCUT2D eigenvalue weighted by atomic mass is 10.2. The monoisotopic (exact) mass is 423 g/mol. The van der Waals surface area contributed by atoms with Crippen LogP contribution in [0.2, 0.25) is 10.0 Å². The van der Waals surface area contributed by atoms with Crippen LogP contribution < -0.4 is 10.2 Å². The van der Waals surface area contributed by atoms with Crippen LogP contribution in [0.1, 0.15) is 12.5 Å². The van der Waals surface area contributed by atoms with Gasteiger partial charge in [0.05, 0.1) is 15.7 Å². The van der Waals surface area contributed by atoms with E-state index in [2.05, 4.69) is 5.32 Å². The number of urea groups is 1. The lowest BCUT2D eigenvalue weighted by molar-refractivity contribution is -0.130. The molecule has 146 valence electrons. The van der Waals surface area contributed by atoms with E-state index in [1.807, 2.05) is 0 Å². The van der Waals surface area contributed by atoms with Gasteiger partial charge in [-0.15, -0.1) is 0 Å². The summed E-state index contributed by atoms with van der Waals surface area (Å²) in [5.41, 5.74) is 1.29. The normalized spacial score (nSPS) is 16.7. The van der Waals surface area contributed by atoms with Crippen molar-refractivity contribution >= 4 is 52.4 Å². The molecule has 1 heterocycles. The summed E-state index contributed by atoms with van der Waals surface area (Å²) in [6.07, 6.45) is 0. The number of aryl methyl sites for hydroxylation is 1. The van der Waals surface area contributed by atoms with Gasteiger partial charge in [-0.3, -0.25) is 19.4 Å². The second-order valence-electron chi connectivity index (χ2n) is 6.33. The second kappa shape index (κ2) is 7.77. The SMILES string of the molecule is Cc1ccc(Cl)c(NC(=O)CN2C(=O)C(C)N(c3ccc(F)cc3)C2=O)c1Cl. The van der Waals surface area contributed by atoms with Crippen LogP contribution in [0.3, 0.4) is 0 Å². The van der Waals surface area contributed by atoms with E-state index in [1.165, 1.54) is 36.1 Å². The summed E-state index contributed by atoms with van der Waals surface area (Å²) in [5, 5.41) is 3.07. The third-order valence-electron chi connectivity index (χ3n) is 4.40. The van der Waals surface area contributed by atoms with Gasteiger partial charge in [0.25, 0.3) is 5.91 Å². The molecule has 3 rings (SSSR count). The van der Waals surface area contributed by atoms with Crippen LogP contribution in [-0.4, -0.2) is 35.3 Å². The van der Waals surface area contributed by atoms with Crippen LogP contribution in [0.15, 0.2) is 36.4 Å². The van der Waals surface area contributed by atoms with Crippen molar-refractivity contribution in [3.63, 3.8) is 0 Å². The van der Waals surface area contributed by atoms with Crippen molar-refractivity contribution in [2.45, 2.75) is 19.9 Å². The number of hydrogen-bond acceptors (Lipinski definition) is 3. The Bertz CT molecular complexity index is 966. The molecule has 1 fully saturated rings. The summed E-state index contributed by atoms with van der Waals surface area (Å²) in [6, 6.07) is 6.98. The van der Waals surface area contributed by atoms with Crippen LogP contribution in [-0.2, 0) is 9.59 Å². The van der Waals surface area contributed by atoms with E-state index >= 15 is 0 Å². The number of halogens is 3. The molecular weight excluding hydrogens is 408 g/mol. The molecule has 2 aromatic rings. The largest absolute Gasteiger partial charge is 0.332 e. The number of benzene rings is 2. The zero-order chi connectivity index (χ0) is 20.6. The van der Waals surface area contributed by atoms with Gasteiger partial charge in [0.2, 0.25) is 5.91 Å². The van der Waals surface area contributed by atoms with E-state index in [0.717, 1.165) is 4.90 Å². The number of rotatable bonds is 4. The molecule has 1 unspecified atom stereocenters. The van der Waals surface area contributed by atoms with Gasteiger partial charge in [-0.05, 0) is 49.7 Å². The fourth-order valence-electron chi connectivity index (χ4n) is 2.90. The number of anilines is 2. The highest BCUT2D eigenvalue weighted by molar-refractivity contribution is 6.40. The average Bonchev–Trinajstić information content (AvgIpc) is 2.86. The van der Waals surface area contributed by atoms with Crippen molar-refractivity contribution in [2.24, 2.45) is 0 Å². The summed E-state index contributed by atoms with van der Waals surface area (Å²) in [5.74, 6) is -1.62. The van der Waals surface area contributed by atoms with Gasteiger partial charge < -0.3 is 5.32 Å². The molecule has 0 saturated carbocycles. The van der Waals surface area contributed by atoms with Gasteiger partial charge in [0.15, 0.2) is 0 Å². The van der Waals surface area contributed by atoms with Gasteiger partial charge >= 0.3 is 6.03 Å². The number of carbonyl (C=O) groups excluding carboxylic acids is 3. The molecule has 1 aliphatic rings. The summed E-state index contributed by atoms with van der Waals surface area (Å²) in [4.78, 5) is 39.7. The van der Waals surface area contributed by atoms with Gasteiger partial charge in [0, 0.05) is 5.69 Å². The molecule has 0 spiro atoms. The fraction of sp³-hybridized carbons (Fsp3) is 0.211. The maximum Gasteiger partial charge on any atom is 0.332 e. The predicted molar refractivity (Wildman–Crippen MR) is 105 cm³/mol. The van der Waals surface area contributed by atoms with Crippen LogP contribution in [0.25, 0.3) is 0 Å². The Morgan fingerprint density at radius 2 is 1.79 bits per heavy atom. The topological polar surface area (TPSA) is 69.7 Å². The molecule has 0 aliphatic carbocycles. The molecule has 1 N–H and O–H groups in total. The molecule has 9 heteroatoms. The third kappa shape index (κ3) is 3.68. The van der Waals surface area contributed by atoms with Gasteiger partial charge in [-0.2, -0.15) is 0 Å². The smallest absolute Gasteiger partial charge is 0.322 e. The van der Waals surface area contributed by atoms with Gasteiger partial charge in [0.1, 0.15) is 18.4 Å². The van der Waals surface area contributed by atoms with E-state index in [0.29, 0.717) is 11.3 Å². The summed E-state index contributed by atoms with van der Waals surface area (Å²) in [6.45, 7) is 2.79. The number of imide groups is 1. The molecule has 6 nitrogen and oxygen atoms in total. The number of amides is 4. The number of hydrogen-bond donors (Lipinski definition) is 1. The number of carbonyl (C=O) groups is 3. The summed E-state index contributed by atoms with van der Waals surface area (Å²) < 4.78 is 13.1. The first-order valence-corrected chi connectivity index (χ1v) is 9.11. The average molecular weight is 424 g/mol. The molecule has 1 atom stereocenters. The lowest BCUT2D eigenvalue weighted by Gasteiger charge is -2.19. The van der Waals surface area contributed by atoms with Crippen molar-refractivity contribution in [1.82, 2.24) is 4.90 Å². The van der Waals surface area contributed by atoms with Crippen LogP contribution >= 0.6 is 23.2 Å². The fourth-order valence-corrected chi connectivity index (χ4v) is 3.37. The highest BCUT2D eigenvalue weighted by atomic mass is 35.5. The van der Waals surface area contributed by atoms with Gasteiger partial charge in [-0.1, -0.05) is 29.3 Å². The van der Waals surface area contributed by atoms with Gasteiger partial charge in [-0.25, -0.2) is 9.18 Å². The summed E-state index contributed by atoms with van der Waals surface area (Å²) >= 11 is 12.2. The molecular formula is C19H16Cl2FN3O3. The zero-order valence-corrected chi connectivity index (χ0v) is 16.5. The van der Waals surface area contributed by atoms with E-state index in [4.69, 9.17) is 23.2 Å². The molecule has 1 saturated heterocycles. The number of nitrogens with zero attached hydrogens (tertiary/aromatic N) is 2. The van der Waals surface area contributed by atoms with E-state index in [-0.39, 0.29) is 15.7 Å². The minimum absolute atomic E-state index is 0.218. The molecule has 0 aromatic heterocycles. The first kappa shape index (κ1) is 20.1. The molecule has 28 heavy (non-hydrogen) atoms. The standard InChI is InChI=1S/C19H16Cl2FN3O3/c1-10-3-8-14(20)17(16(10)21)23-15(26)9-24-18(27)11(2)25(19(24)28)13-6-4-12(22)5-7-13/h3-8,11H,9H2,1-2H3,(H,23,26).